The molecule has 0 spiro atoms. The topological polar surface area (TPSA) is 81.5 Å². The molecule has 0 aliphatic heterocycles. The maximum atomic E-state index is 8.92. The summed E-state index contributed by atoms with van der Waals surface area (Å²) >= 11 is 0. The smallest absolute Gasteiger partial charge is 0.223 e. The molecule has 0 saturated carbocycles. The van der Waals surface area contributed by atoms with Gasteiger partial charge in [-0.3, -0.25) is 4.68 Å². The lowest BCUT2D eigenvalue weighted by Gasteiger charge is -2.07. The standard InChI is InChI=1S/C17H12N6O/c1-22-10-13(9-21-22)23-6-5-14-15(23)3-2-4-16(14)24-17-7-12(8-18)19-11-20-17/h2-7,9-11H,1H3. The Kier molecular flexibility index (Phi) is 3.21. The fourth-order valence-corrected chi connectivity index (χ4v) is 2.56. The van der Waals surface area contributed by atoms with E-state index in [9.17, 15) is 0 Å². The fraction of sp³-hybridized carbons (Fsp3) is 0.0588. The van der Waals surface area contributed by atoms with Crippen molar-refractivity contribution in [2.45, 2.75) is 0 Å². The average molecular weight is 316 g/mol. The van der Waals surface area contributed by atoms with Crippen LogP contribution in [0.3, 0.4) is 0 Å². The van der Waals surface area contributed by atoms with Crippen molar-refractivity contribution in [1.82, 2.24) is 24.3 Å². The highest BCUT2D eigenvalue weighted by atomic mass is 16.5. The number of rotatable bonds is 3. The monoisotopic (exact) mass is 316 g/mol. The molecule has 3 heterocycles. The molecule has 1 aromatic carbocycles. The van der Waals surface area contributed by atoms with Crippen molar-refractivity contribution in [2.75, 3.05) is 0 Å². The normalized spacial score (nSPS) is 10.7. The average Bonchev–Trinajstić information content (AvgIpc) is 3.21. The molecule has 24 heavy (non-hydrogen) atoms. The van der Waals surface area contributed by atoms with Crippen LogP contribution in [-0.4, -0.2) is 24.3 Å². The molecule has 116 valence electrons. The second-order valence-corrected chi connectivity index (χ2v) is 5.20. The Balaban J connectivity index is 1.77. The molecule has 0 unspecified atom stereocenters. The summed E-state index contributed by atoms with van der Waals surface area (Å²) < 4.78 is 9.65. The molecular formula is C17H12N6O. The molecule has 3 aromatic heterocycles. The number of hydrogen-bond donors (Lipinski definition) is 0. The summed E-state index contributed by atoms with van der Waals surface area (Å²) in [5.41, 5.74) is 2.23. The zero-order chi connectivity index (χ0) is 16.5. The highest BCUT2D eigenvalue weighted by molar-refractivity contribution is 5.88. The Morgan fingerprint density at radius 1 is 1.21 bits per heavy atom. The highest BCUT2D eigenvalue weighted by Gasteiger charge is 2.10. The van der Waals surface area contributed by atoms with E-state index in [-0.39, 0.29) is 5.69 Å². The van der Waals surface area contributed by atoms with E-state index >= 15 is 0 Å². The van der Waals surface area contributed by atoms with Crippen molar-refractivity contribution in [3.05, 3.63) is 60.9 Å². The molecule has 0 atom stereocenters. The van der Waals surface area contributed by atoms with E-state index in [4.69, 9.17) is 10.00 Å². The van der Waals surface area contributed by atoms with E-state index in [2.05, 4.69) is 15.1 Å². The summed E-state index contributed by atoms with van der Waals surface area (Å²) in [6.45, 7) is 0. The fourth-order valence-electron chi connectivity index (χ4n) is 2.56. The Morgan fingerprint density at radius 2 is 2.12 bits per heavy atom. The summed E-state index contributed by atoms with van der Waals surface area (Å²) in [6.07, 6.45) is 7.03. The van der Waals surface area contributed by atoms with Gasteiger partial charge in [0.25, 0.3) is 0 Å². The van der Waals surface area contributed by atoms with E-state index in [0.29, 0.717) is 11.6 Å². The second-order valence-electron chi connectivity index (χ2n) is 5.20. The predicted octanol–water partition coefficient (Wildman–Crippen LogP) is 2.82. The predicted molar refractivity (Wildman–Crippen MR) is 86.9 cm³/mol. The third-order valence-electron chi connectivity index (χ3n) is 3.63. The highest BCUT2D eigenvalue weighted by Crippen LogP contribution is 2.31. The van der Waals surface area contributed by atoms with Crippen LogP contribution in [0.25, 0.3) is 16.6 Å². The van der Waals surface area contributed by atoms with E-state index in [0.717, 1.165) is 16.6 Å². The number of fused-ring (bicyclic) bond motifs is 1. The second kappa shape index (κ2) is 5.52. The van der Waals surface area contributed by atoms with Gasteiger partial charge < -0.3 is 9.30 Å². The number of hydrogen-bond acceptors (Lipinski definition) is 5. The summed E-state index contributed by atoms with van der Waals surface area (Å²) in [4.78, 5) is 7.90. The van der Waals surface area contributed by atoms with Crippen LogP contribution in [-0.2, 0) is 7.05 Å². The van der Waals surface area contributed by atoms with Crippen LogP contribution in [0.1, 0.15) is 5.69 Å². The van der Waals surface area contributed by atoms with Crippen molar-refractivity contribution in [2.24, 2.45) is 7.05 Å². The van der Waals surface area contributed by atoms with Crippen molar-refractivity contribution in [3.63, 3.8) is 0 Å². The molecule has 7 nitrogen and oxygen atoms in total. The minimum absolute atomic E-state index is 0.264. The Hall–Kier alpha value is -3.66. The van der Waals surface area contributed by atoms with Crippen LogP contribution in [0.15, 0.2) is 55.2 Å². The molecule has 0 N–H and O–H groups in total. The number of benzene rings is 1. The number of aryl methyl sites for hydroxylation is 1. The molecular weight excluding hydrogens is 304 g/mol. The minimum Gasteiger partial charge on any atom is -0.438 e. The molecule has 7 heteroatoms. The van der Waals surface area contributed by atoms with Crippen LogP contribution in [0, 0.1) is 11.3 Å². The van der Waals surface area contributed by atoms with Gasteiger partial charge in [-0.25, -0.2) is 9.97 Å². The molecule has 0 aliphatic rings. The van der Waals surface area contributed by atoms with Crippen LogP contribution in [0.4, 0.5) is 0 Å². The Bertz CT molecular complexity index is 1070. The maximum absolute atomic E-state index is 8.92. The first-order valence-electron chi connectivity index (χ1n) is 7.24. The van der Waals surface area contributed by atoms with Gasteiger partial charge in [0, 0.05) is 30.9 Å². The van der Waals surface area contributed by atoms with Gasteiger partial charge >= 0.3 is 0 Å². The third kappa shape index (κ3) is 2.36. The van der Waals surface area contributed by atoms with Crippen molar-refractivity contribution >= 4 is 10.9 Å². The molecule has 0 aliphatic carbocycles. The summed E-state index contributed by atoms with van der Waals surface area (Å²) in [5.74, 6) is 1.00. The van der Waals surface area contributed by atoms with Gasteiger partial charge in [-0.05, 0) is 18.2 Å². The lowest BCUT2D eigenvalue weighted by atomic mass is 10.2. The zero-order valence-corrected chi connectivity index (χ0v) is 12.8. The Labute approximate surface area is 137 Å². The van der Waals surface area contributed by atoms with Crippen LogP contribution < -0.4 is 4.74 Å². The van der Waals surface area contributed by atoms with E-state index in [1.54, 1.807) is 10.9 Å². The molecule has 0 bridgehead atoms. The molecule has 4 aromatic rings. The van der Waals surface area contributed by atoms with Crippen molar-refractivity contribution in [3.8, 4) is 23.4 Å². The summed E-state index contributed by atoms with van der Waals surface area (Å²) in [5, 5.41) is 14.1. The van der Waals surface area contributed by atoms with Crippen LogP contribution in [0.5, 0.6) is 11.6 Å². The zero-order valence-electron chi connectivity index (χ0n) is 12.8. The molecule has 4 rings (SSSR count). The summed E-state index contributed by atoms with van der Waals surface area (Å²) in [7, 11) is 1.88. The van der Waals surface area contributed by atoms with Crippen LogP contribution >= 0.6 is 0 Å². The quantitative estimate of drug-likeness (QED) is 0.580. The largest absolute Gasteiger partial charge is 0.438 e. The molecule has 0 amide bonds. The minimum atomic E-state index is 0.264. The van der Waals surface area contributed by atoms with E-state index in [1.165, 1.54) is 12.4 Å². The summed E-state index contributed by atoms with van der Waals surface area (Å²) in [6, 6.07) is 11.2. The maximum Gasteiger partial charge on any atom is 0.223 e. The van der Waals surface area contributed by atoms with Crippen molar-refractivity contribution < 1.29 is 4.74 Å². The molecule has 0 fully saturated rings. The Morgan fingerprint density at radius 3 is 2.92 bits per heavy atom. The number of ether oxygens (including phenoxy) is 1. The van der Waals surface area contributed by atoms with Gasteiger partial charge in [0.2, 0.25) is 5.88 Å². The third-order valence-corrected chi connectivity index (χ3v) is 3.63. The van der Waals surface area contributed by atoms with Gasteiger partial charge in [0.05, 0.1) is 17.4 Å². The number of nitriles is 1. The van der Waals surface area contributed by atoms with E-state index in [1.807, 2.05) is 54.3 Å². The van der Waals surface area contributed by atoms with E-state index < -0.39 is 0 Å². The molecule has 0 saturated heterocycles. The van der Waals surface area contributed by atoms with Crippen molar-refractivity contribution in [1.29, 1.82) is 5.26 Å². The van der Waals surface area contributed by atoms with Gasteiger partial charge in [-0.1, -0.05) is 6.07 Å². The van der Waals surface area contributed by atoms with Crippen LogP contribution in [0.2, 0.25) is 0 Å². The first kappa shape index (κ1) is 14.0. The van der Waals surface area contributed by atoms with Gasteiger partial charge in [-0.2, -0.15) is 10.4 Å². The SMILES string of the molecule is Cn1cc(-n2ccc3c(Oc4cc(C#N)ncn4)cccc32)cn1. The first-order valence-corrected chi connectivity index (χ1v) is 7.24. The lowest BCUT2D eigenvalue weighted by Crippen LogP contribution is -1.93. The van der Waals surface area contributed by atoms with Gasteiger partial charge in [0.15, 0.2) is 0 Å². The lowest BCUT2D eigenvalue weighted by molar-refractivity contribution is 0.466. The molecule has 0 radical (unpaired) electrons. The van der Waals surface area contributed by atoms with Gasteiger partial charge in [-0.15, -0.1) is 0 Å². The van der Waals surface area contributed by atoms with Gasteiger partial charge in [0.1, 0.15) is 23.8 Å². The number of nitrogens with zero attached hydrogens (tertiary/aromatic N) is 6. The first-order chi connectivity index (χ1) is 11.7. The number of aromatic nitrogens is 5.